The van der Waals surface area contributed by atoms with Crippen molar-refractivity contribution in [3.63, 3.8) is 0 Å². The smallest absolute Gasteiger partial charge is 0.286 e. The lowest BCUT2D eigenvalue weighted by Crippen LogP contribution is -2.38. The maximum atomic E-state index is 12.2. The van der Waals surface area contributed by atoms with E-state index >= 15 is 0 Å². The van der Waals surface area contributed by atoms with Gasteiger partial charge in [-0.25, -0.2) is 0 Å². The van der Waals surface area contributed by atoms with Gasteiger partial charge in [-0.05, 0) is 18.8 Å². The first kappa shape index (κ1) is 19.0. The molecule has 0 saturated heterocycles. The van der Waals surface area contributed by atoms with Gasteiger partial charge in [-0.1, -0.05) is 0 Å². The van der Waals surface area contributed by atoms with Gasteiger partial charge >= 0.3 is 0 Å². The van der Waals surface area contributed by atoms with E-state index in [0.29, 0.717) is 5.92 Å². The Labute approximate surface area is 139 Å². The molecule has 1 atom stereocenters. The first-order valence-electron chi connectivity index (χ1n) is 6.92. The van der Waals surface area contributed by atoms with Crippen molar-refractivity contribution >= 4 is 24.0 Å². The summed E-state index contributed by atoms with van der Waals surface area (Å²) in [5.41, 5.74) is 5.50. The van der Waals surface area contributed by atoms with Gasteiger partial charge in [-0.3, -0.25) is 14.9 Å². The lowest BCUT2D eigenvalue weighted by molar-refractivity contribution is -0.385. The summed E-state index contributed by atoms with van der Waals surface area (Å²) in [6.07, 6.45) is 2.13. The number of carbonyl (C=O) groups is 1. The molecule has 1 unspecified atom stereocenters. The molecule has 8 nitrogen and oxygen atoms in total. The van der Waals surface area contributed by atoms with Crippen LogP contribution in [0.15, 0.2) is 12.1 Å². The molecule has 1 saturated carbocycles. The van der Waals surface area contributed by atoms with Gasteiger partial charge in [-0.2, -0.15) is 0 Å². The Morgan fingerprint density at radius 1 is 1.39 bits per heavy atom. The summed E-state index contributed by atoms with van der Waals surface area (Å²) >= 11 is 0. The molecule has 0 aliphatic heterocycles. The van der Waals surface area contributed by atoms with Gasteiger partial charge in [0.2, 0.25) is 0 Å². The van der Waals surface area contributed by atoms with E-state index in [1.807, 2.05) is 0 Å². The van der Waals surface area contributed by atoms with Crippen LogP contribution < -0.4 is 20.5 Å². The molecular weight excluding hydrogens is 326 g/mol. The normalized spacial score (nSPS) is 14.4. The highest BCUT2D eigenvalue weighted by molar-refractivity contribution is 5.99. The van der Waals surface area contributed by atoms with E-state index in [1.165, 1.54) is 26.4 Å². The van der Waals surface area contributed by atoms with E-state index in [1.54, 1.807) is 0 Å². The number of nitrogens with zero attached hydrogens (tertiary/aromatic N) is 1. The molecule has 9 heteroatoms. The van der Waals surface area contributed by atoms with Crippen LogP contribution in [0.25, 0.3) is 0 Å². The van der Waals surface area contributed by atoms with Gasteiger partial charge in [0, 0.05) is 18.7 Å². The first-order chi connectivity index (χ1) is 10.5. The second-order valence-corrected chi connectivity index (χ2v) is 5.19. The van der Waals surface area contributed by atoms with E-state index in [-0.39, 0.29) is 47.7 Å². The Balaban J connectivity index is 0.00000264. The van der Waals surface area contributed by atoms with Gasteiger partial charge in [0.1, 0.15) is 5.56 Å². The maximum Gasteiger partial charge on any atom is 0.286 e. The number of rotatable bonds is 7. The van der Waals surface area contributed by atoms with Crippen molar-refractivity contribution in [3.8, 4) is 11.5 Å². The third kappa shape index (κ3) is 4.46. The molecule has 1 aromatic carbocycles. The van der Waals surface area contributed by atoms with Crippen molar-refractivity contribution in [1.82, 2.24) is 5.32 Å². The number of nitro groups is 1. The average Bonchev–Trinajstić information content (AvgIpc) is 3.35. The van der Waals surface area contributed by atoms with Crippen LogP contribution in [-0.2, 0) is 0 Å². The van der Waals surface area contributed by atoms with Gasteiger partial charge < -0.3 is 20.5 Å². The molecule has 0 spiro atoms. The lowest BCUT2D eigenvalue weighted by Gasteiger charge is -2.13. The van der Waals surface area contributed by atoms with Gasteiger partial charge in [0.15, 0.2) is 11.5 Å². The fourth-order valence-corrected chi connectivity index (χ4v) is 2.20. The average molecular weight is 346 g/mol. The zero-order valence-electron chi connectivity index (χ0n) is 12.9. The number of halogens is 1. The fraction of sp³-hybridized carbons (Fsp3) is 0.500. The molecule has 2 rings (SSSR count). The van der Waals surface area contributed by atoms with Gasteiger partial charge in [0.05, 0.1) is 25.2 Å². The third-order valence-corrected chi connectivity index (χ3v) is 3.67. The minimum absolute atomic E-state index is 0. The van der Waals surface area contributed by atoms with E-state index in [0.717, 1.165) is 12.8 Å². The second kappa shape index (κ2) is 7.98. The standard InChI is InChI=1S/C14H19N3O5.ClH/c1-21-12-5-9(11(17(19)20)6-13(12)22-2)14(18)16-7-10(15)8-3-4-8;/h5-6,8,10H,3-4,7,15H2,1-2H3,(H,16,18);1H. The molecule has 1 aromatic rings. The van der Waals surface area contributed by atoms with Crippen LogP contribution in [0.2, 0.25) is 0 Å². The first-order valence-corrected chi connectivity index (χ1v) is 6.92. The molecule has 1 fully saturated rings. The Morgan fingerprint density at radius 2 is 1.96 bits per heavy atom. The molecule has 0 aromatic heterocycles. The molecule has 1 aliphatic rings. The molecule has 0 radical (unpaired) electrons. The van der Waals surface area contributed by atoms with Crippen molar-refractivity contribution in [1.29, 1.82) is 0 Å². The Bertz CT molecular complexity index is 592. The number of methoxy groups -OCH3 is 2. The summed E-state index contributed by atoms with van der Waals surface area (Å²) in [6, 6.07) is 2.35. The highest BCUT2D eigenvalue weighted by atomic mass is 35.5. The molecular formula is C14H20ClN3O5. The van der Waals surface area contributed by atoms with Crippen LogP contribution in [-0.4, -0.2) is 37.6 Å². The molecule has 1 amide bonds. The van der Waals surface area contributed by atoms with Crippen molar-refractivity contribution in [2.75, 3.05) is 20.8 Å². The number of amides is 1. The van der Waals surface area contributed by atoms with Crippen molar-refractivity contribution in [2.45, 2.75) is 18.9 Å². The number of nitro benzene ring substituents is 1. The number of nitrogens with two attached hydrogens (primary N) is 1. The summed E-state index contributed by atoms with van der Waals surface area (Å²) in [7, 11) is 2.77. The number of hydrogen-bond acceptors (Lipinski definition) is 6. The second-order valence-electron chi connectivity index (χ2n) is 5.19. The topological polar surface area (TPSA) is 117 Å². The summed E-state index contributed by atoms with van der Waals surface area (Å²) in [4.78, 5) is 22.7. The zero-order valence-corrected chi connectivity index (χ0v) is 13.7. The fourth-order valence-electron chi connectivity index (χ4n) is 2.20. The largest absolute Gasteiger partial charge is 0.493 e. The van der Waals surface area contributed by atoms with Crippen LogP contribution in [0.4, 0.5) is 5.69 Å². The summed E-state index contributed by atoms with van der Waals surface area (Å²) in [5, 5.41) is 13.8. The SMILES string of the molecule is COc1cc(C(=O)NCC(N)C2CC2)c([N+](=O)[O-])cc1OC.Cl. The Hall–Kier alpha value is -2.06. The number of nitrogens with one attached hydrogen (secondary N) is 1. The monoisotopic (exact) mass is 345 g/mol. The predicted molar refractivity (Wildman–Crippen MR) is 86.5 cm³/mol. The molecule has 3 N–H and O–H groups in total. The molecule has 128 valence electrons. The highest BCUT2D eigenvalue weighted by Gasteiger charge is 2.30. The lowest BCUT2D eigenvalue weighted by atomic mass is 10.1. The molecule has 1 aliphatic carbocycles. The van der Waals surface area contributed by atoms with Gasteiger partial charge in [0.25, 0.3) is 11.6 Å². The Morgan fingerprint density at radius 3 is 2.43 bits per heavy atom. The van der Waals surface area contributed by atoms with Crippen LogP contribution in [0.3, 0.4) is 0 Å². The molecule has 0 bridgehead atoms. The van der Waals surface area contributed by atoms with Crippen molar-refractivity contribution < 1.29 is 19.2 Å². The number of benzene rings is 1. The highest BCUT2D eigenvalue weighted by Crippen LogP contribution is 2.34. The quantitative estimate of drug-likeness (QED) is 0.571. The Kier molecular flexibility index (Phi) is 6.59. The minimum Gasteiger partial charge on any atom is -0.493 e. The van der Waals surface area contributed by atoms with Crippen LogP contribution >= 0.6 is 12.4 Å². The zero-order chi connectivity index (χ0) is 16.3. The van der Waals surface area contributed by atoms with Crippen LogP contribution in [0.1, 0.15) is 23.2 Å². The summed E-state index contributed by atoms with van der Waals surface area (Å²) < 4.78 is 10.1. The summed E-state index contributed by atoms with van der Waals surface area (Å²) in [6.45, 7) is 0.287. The van der Waals surface area contributed by atoms with Crippen molar-refractivity contribution in [3.05, 3.63) is 27.8 Å². The van der Waals surface area contributed by atoms with Crippen molar-refractivity contribution in [2.24, 2.45) is 11.7 Å². The van der Waals surface area contributed by atoms with Crippen LogP contribution in [0, 0.1) is 16.0 Å². The third-order valence-electron chi connectivity index (χ3n) is 3.67. The van der Waals surface area contributed by atoms with Crippen LogP contribution in [0.5, 0.6) is 11.5 Å². The van der Waals surface area contributed by atoms with E-state index in [9.17, 15) is 14.9 Å². The predicted octanol–water partition coefficient (Wildman–Crippen LogP) is 1.50. The maximum absolute atomic E-state index is 12.2. The minimum atomic E-state index is -0.627. The van der Waals surface area contributed by atoms with E-state index in [2.05, 4.69) is 5.32 Å². The van der Waals surface area contributed by atoms with E-state index in [4.69, 9.17) is 15.2 Å². The number of carbonyl (C=O) groups excluding carboxylic acids is 1. The summed E-state index contributed by atoms with van der Waals surface area (Å²) in [5.74, 6) is 0.328. The number of ether oxygens (including phenoxy) is 2. The van der Waals surface area contributed by atoms with E-state index < -0.39 is 10.8 Å². The molecule has 23 heavy (non-hydrogen) atoms. The molecule has 0 heterocycles. The van der Waals surface area contributed by atoms with Gasteiger partial charge in [-0.15, -0.1) is 12.4 Å². The number of hydrogen-bond donors (Lipinski definition) is 2.